The van der Waals surface area contributed by atoms with E-state index in [1.54, 1.807) is 6.07 Å². The van der Waals surface area contributed by atoms with Crippen molar-refractivity contribution in [2.45, 2.75) is 25.3 Å². The summed E-state index contributed by atoms with van der Waals surface area (Å²) in [5.41, 5.74) is 0.582. The summed E-state index contributed by atoms with van der Waals surface area (Å²) in [4.78, 5) is 23.8. The van der Waals surface area contributed by atoms with Crippen molar-refractivity contribution in [2.75, 3.05) is 13.6 Å². The lowest BCUT2D eigenvalue weighted by Gasteiger charge is -2.29. The number of carboxylic acids is 1. The molecule has 1 saturated carbocycles. The van der Waals surface area contributed by atoms with Crippen molar-refractivity contribution in [3.8, 4) is 0 Å². The Bertz CT molecular complexity index is 435. The zero-order valence-corrected chi connectivity index (χ0v) is 9.80. The van der Waals surface area contributed by atoms with Gasteiger partial charge in [0.05, 0.1) is 0 Å². The molecule has 1 amide bonds. The van der Waals surface area contributed by atoms with Crippen LogP contribution >= 0.6 is 0 Å². The van der Waals surface area contributed by atoms with Gasteiger partial charge in [-0.3, -0.25) is 9.59 Å². The first kappa shape index (κ1) is 11.7. The molecule has 0 spiro atoms. The monoisotopic (exact) mass is 236 g/mol. The summed E-state index contributed by atoms with van der Waals surface area (Å²) in [6.45, 7) is -0.269. The van der Waals surface area contributed by atoms with Gasteiger partial charge >= 0.3 is 5.97 Å². The van der Waals surface area contributed by atoms with E-state index >= 15 is 0 Å². The number of hydrogen-bond acceptors (Lipinski definition) is 2. The fourth-order valence-electron chi connectivity index (χ4n) is 2.03. The largest absolute Gasteiger partial charge is 0.480 e. The minimum absolute atomic E-state index is 0.232. The zero-order chi connectivity index (χ0) is 12.4. The van der Waals surface area contributed by atoms with Gasteiger partial charge in [0, 0.05) is 19.3 Å². The Hall–Kier alpha value is -1.78. The molecule has 5 nitrogen and oxygen atoms in total. The third kappa shape index (κ3) is 2.33. The lowest BCUT2D eigenvalue weighted by atomic mass is 9.93. The highest BCUT2D eigenvalue weighted by atomic mass is 16.4. The normalized spacial score (nSPS) is 15.4. The number of amides is 1. The highest BCUT2D eigenvalue weighted by Gasteiger charge is 2.24. The van der Waals surface area contributed by atoms with E-state index < -0.39 is 5.97 Å². The van der Waals surface area contributed by atoms with Crippen molar-refractivity contribution in [1.82, 2.24) is 9.47 Å². The molecular formula is C12H16N2O3. The molecule has 1 fully saturated rings. The molecule has 1 aromatic heterocycles. The van der Waals surface area contributed by atoms with Crippen molar-refractivity contribution in [2.24, 2.45) is 0 Å². The molecule has 92 valence electrons. The van der Waals surface area contributed by atoms with Crippen LogP contribution in [0.3, 0.4) is 0 Å². The van der Waals surface area contributed by atoms with Gasteiger partial charge in [0.1, 0.15) is 12.2 Å². The maximum atomic E-state index is 12.0. The molecular weight excluding hydrogens is 220 g/mol. The van der Waals surface area contributed by atoms with Crippen LogP contribution in [0.15, 0.2) is 18.3 Å². The number of nitrogens with zero attached hydrogens (tertiary/aromatic N) is 2. The van der Waals surface area contributed by atoms with E-state index in [0.29, 0.717) is 11.7 Å². The molecule has 17 heavy (non-hydrogen) atoms. The highest BCUT2D eigenvalue weighted by molar-refractivity contribution is 5.94. The smallest absolute Gasteiger partial charge is 0.323 e. The Labute approximate surface area is 99.6 Å². The van der Waals surface area contributed by atoms with Gasteiger partial charge < -0.3 is 14.6 Å². The molecule has 0 aromatic carbocycles. The predicted octanol–water partition coefficient (Wildman–Crippen LogP) is 1.37. The molecule has 1 aliphatic rings. The number of carbonyl (C=O) groups excluding carboxylic acids is 1. The molecule has 0 radical (unpaired) electrons. The van der Waals surface area contributed by atoms with E-state index in [0.717, 1.165) is 12.8 Å². The van der Waals surface area contributed by atoms with Crippen LogP contribution in [0.1, 0.15) is 35.8 Å². The first-order valence-corrected chi connectivity index (χ1v) is 5.73. The van der Waals surface area contributed by atoms with Crippen LogP contribution in [0.25, 0.3) is 0 Å². The number of hydrogen-bond donors (Lipinski definition) is 1. The van der Waals surface area contributed by atoms with E-state index in [2.05, 4.69) is 0 Å². The van der Waals surface area contributed by atoms with E-state index in [4.69, 9.17) is 5.11 Å². The molecule has 1 heterocycles. The fourth-order valence-corrected chi connectivity index (χ4v) is 2.03. The number of aliphatic carboxylic acids is 1. The Morgan fingerprint density at radius 2 is 2.24 bits per heavy atom. The summed E-state index contributed by atoms with van der Waals surface area (Å²) in [5, 5.41) is 8.67. The average Bonchev–Trinajstić information content (AvgIpc) is 2.61. The SMILES string of the molecule is CN(CC(=O)O)C(=O)c1cccn1C1CCC1. The van der Waals surface area contributed by atoms with E-state index in [1.165, 1.54) is 18.4 Å². The van der Waals surface area contributed by atoms with Gasteiger partial charge in [-0.05, 0) is 31.4 Å². The van der Waals surface area contributed by atoms with Crippen molar-refractivity contribution in [3.05, 3.63) is 24.0 Å². The lowest BCUT2D eigenvalue weighted by Crippen LogP contribution is -2.34. The molecule has 0 atom stereocenters. The zero-order valence-electron chi connectivity index (χ0n) is 9.80. The minimum atomic E-state index is -0.998. The van der Waals surface area contributed by atoms with Crippen LogP contribution in [-0.2, 0) is 4.79 Å². The maximum absolute atomic E-state index is 12.0. The van der Waals surface area contributed by atoms with E-state index in [9.17, 15) is 9.59 Å². The molecule has 1 aliphatic carbocycles. The highest BCUT2D eigenvalue weighted by Crippen LogP contribution is 2.32. The van der Waals surface area contributed by atoms with Crippen LogP contribution in [0.2, 0.25) is 0 Å². The molecule has 0 unspecified atom stereocenters. The molecule has 0 saturated heterocycles. The van der Waals surface area contributed by atoms with Gasteiger partial charge in [-0.2, -0.15) is 0 Å². The first-order chi connectivity index (χ1) is 8.09. The van der Waals surface area contributed by atoms with Crippen LogP contribution in [0.5, 0.6) is 0 Å². The second kappa shape index (κ2) is 4.61. The van der Waals surface area contributed by atoms with Gasteiger partial charge in [-0.25, -0.2) is 0 Å². The predicted molar refractivity (Wildman–Crippen MR) is 61.9 cm³/mol. The number of carbonyl (C=O) groups is 2. The Morgan fingerprint density at radius 3 is 2.76 bits per heavy atom. The molecule has 5 heteroatoms. The van der Waals surface area contributed by atoms with E-state index in [1.807, 2.05) is 16.8 Å². The summed E-state index contributed by atoms with van der Waals surface area (Å²) in [6, 6.07) is 3.99. The standard InChI is InChI=1S/C12H16N2O3/c1-13(8-11(15)16)12(17)10-6-3-7-14(10)9-4-2-5-9/h3,6-7,9H,2,4-5,8H2,1H3,(H,15,16). The minimum Gasteiger partial charge on any atom is -0.480 e. The molecule has 0 bridgehead atoms. The third-order valence-electron chi connectivity index (χ3n) is 3.19. The summed E-state index contributed by atoms with van der Waals surface area (Å²) in [6.07, 6.45) is 5.28. The van der Waals surface area contributed by atoms with Gasteiger partial charge in [-0.1, -0.05) is 0 Å². The number of likely N-dealkylation sites (N-methyl/N-ethyl adjacent to an activating group) is 1. The summed E-state index contributed by atoms with van der Waals surface area (Å²) in [5.74, 6) is -1.23. The average molecular weight is 236 g/mol. The van der Waals surface area contributed by atoms with Crippen molar-refractivity contribution < 1.29 is 14.7 Å². The molecule has 1 aromatic rings. The topological polar surface area (TPSA) is 62.5 Å². The van der Waals surface area contributed by atoms with E-state index in [-0.39, 0.29) is 12.5 Å². The number of rotatable bonds is 4. The number of carboxylic acid groups (broad SMARTS) is 1. The van der Waals surface area contributed by atoms with Gasteiger partial charge in [0.15, 0.2) is 0 Å². The second-order valence-electron chi connectivity index (χ2n) is 4.44. The van der Waals surface area contributed by atoms with Gasteiger partial charge in [0.2, 0.25) is 0 Å². The van der Waals surface area contributed by atoms with Crippen LogP contribution in [-0.4, -0.2) is 40.0 Å². The number of aromatic nitrogens is 1. The van der Waals surface area contributed by atoms with Gasteiger partial charge in [-0.15, -0.1) is 0 Å². The fraction of sp³-hybridized carbons (Fsp3) is 0.500. The van der Waals surface area contributed by atoms with Gasteiger partial charge in [0.25, 0.3) is 5.91 Å². The lowest BCUT2D eigenvalue weighted by molar-refractivity contribution is -0.137. The summed E-state index contributed by atoms with van der Waals surface area (Å²) in [7, 11) is 1.51. The Balaban J connectivity index is 2.13. The van der Waals surface area contributed by atoms with Crippen LogP contribution in [0.4, 0.5) is 0 Å². The summed E-state index contributed by atoms with van der Waals surface area (Å²) < 4.78 is 1.96. The first-order valence-electron chi connectivity index (χ1n) is 5.73. The third-order valence-corrected chi connectivity index (χ3v) is 3.19. The molecule has 2 rings (SSSR count). The molecule has 1 N–H and O–H groups in total. The van der Waals surface area contributed by atoms with Crippen LogP contribution in [0, 0.1) is 0 Å². The van der Waals surface area contributed by atoms with Crippen molar-refractivity contribution in [1.29, 1.82) is 0 Å². The Morgan fingerprint density at radius 1 is 1.53 bits per heavy atom. The van der Waals surface area contributed by atoms with Crippen LogP contribution < -0.4 is 0 Å². The van der Waals surface area contributed by atoms with Crippen molar-refractivity contribution in [3.63, 3.8) is 0 Å². The maximum Gasteiger partial charge on any atom is 0.323 e. The second-order valence-corrected chi connectivity index (χ2v) is 4.44. The summed E-state index contributed by atoms with van der Waals surface area (Å²) >= 11 is 0. The Kier molecular flexibility index (Phi) is 3.17. The quantitative estimate of drug-likeness (QED) is 0.858. The molecule has 0 aliphatic heterocycles. The van der Waals surface area contributed by atoms with Crippen molar-refractivity contribution >= 4 is 11.9 Å².